The Morgan fingerprint density at radius 2 is 1.95 bits per heavy atom. The first kappa shape index (κ1) is 18.2. The van der Waals surface area contributed by atoms with Gasteiger partial charge in [0.2, 0.25) is 0 Å². The van der Waals surface area contributed by atoms with Gasteiger partial charge in [-0.25, -0.2) is 0 Å². The van der Waals surface area contributed by atoms with Crippen LogP contribution in [-0.4, -0.2) is 66.0 Å². The summed E-state index contributed by atoms with van der Waals surface area (Å²) in [4.78, 5) is 20.8. The van der Waals surface area contributed by atoms with Gasteiger partial charge < -0.3 is 10.2 Å². The predicted octanol–water partition coefficient (Wildman–Crippen LogP) is 1.04. The van der Waals surface area contributed by atoms with E-state index in [0.29, 0.717) is 11.7 Å². The van der Waals surface area contributed by atoms with Crippen LogP contribution in [0.4, 0.5) is 0 Å². The van der Waals surface area contributed by atoms with Crippen molar-refractivity contribution < 1.29 is 4.79 Å². The maximum absolute atomic E-state index is 12.3. The van der Waals surface area contributed by atoms with Crippen molar-refractivity contribution >= 4 is 30.7 Å². The Morgan fingerprint density at radius 3 is 2.52 bits per heavy atom. The number of piperazine rings is 1. The van der Waals surface area contributed by atoms with Gasteiger partial charge in [-0.05, 0) is 25.1 Å². The lowest BCUT2D eigenvalue weighted by Crippen LogP contribution is -2.52. The van der Waals surface area contributed by atoms with Gasteiger partial charge >= 0.3 is 0 Å². The molecular weight excluding hydrogens is 311 g/mol. The van der Waals surface area contributed by atoms with Gasteiger partial charge in [-0.2, -0.15) is 0 Å². The molecule has 2 fully saturated rings. The van der Waals surface area contributed by atoms with Crippen LogP contribution in [0.3, 0.4) is 0 Å². The lowest BCUT2D eigenvalue weighted by Gasteiger charge is -2.37. The van der Waals surface area contributed by atoms with E-state index in [4.69, 9.17) is 0 Å². The lowest BCUT2D eigenvalue weighted by molar-refractivity contribution is 0.0578. The van der Waals surface area contributed by atoms with Crippen LogP contribution >= 0.6 is 24.8 Å². The van der Waals surface area contributed by atoms with Gasteiger partial charge in [0.25, 0.3) is 5.91 Å². The van der Waals surface area contributed by atoms with E-state index in [0.717, 1.165) is 39.3 Å². The number of hydrogen-bond donors (Lipinski definition) is 1. The molecule has 2 aliphatic heterocycles. The zero-order valence-corrected chi connectivity index (χ0v) is 13.5. The van der Waals surface area contributed by atoms with Gasteiger partial charge in [0.1, 0.15) is 5.69 Å². The van der Waals surface area contributed by atoms with Crippen molar-refractivity contribution in [2.24, 2.45) is 0 Å². The second-order valence-electron chi connectivity index (χ2n) is 5.19. The molecule has 1 aromatic rings. The Labute approximate surface area is 137 Å². The number of nitrogens with one attached hydrogen (secondary N) is 1. The molecule has 0 radical (unpaired) electrons. The molecule has 5 nitrogen and oxygen atoms in total. The van der Waals surface area contributed by atoms with Crippen molar-refractivity contribution in [2.75, 3.05) is 39.3 Å². The van der Waals surface area contributed by atoms with Crippen molar-refractivity contribution in [1.82, 2.24) is 20.1 Å². The van der Waals surface area contributed by atoms with E-state index in [1.54, 1.807) is 12.3 Å². The standard InChI is InChI=1S/C14H20N4O.2ClH/c19-14(13-3-1-2-5-16-13)18-9-7-17(8-10-18)12-4-6-15-11-12;;/h1-3,5,12,15H,4,6-11H2;2*1H. The fourth-order valence-corrected chi connectivity index (χ4v) is 2.89. The number of carbonyl (C=O) groups excluding carboxylic acids is 1. The molecule has 1 unspecified atom stereocenters. The molecule has 0 aromatic carbocycles. The van der Waals surface area contributed by atoms with Gasteiger partial charge in [-0.15, -0.1) is 24.8 Å². The van der Waals surface area contributed by atoms with Crippen LogP contribution in [0.15, 0.2) is 24.4 Å². The van der Waals surface area contributed by atoms with Crippen molar-refractivity contribution in [3.63, 3.8) is 0 Å². The first-order chi connectivity index (χ1) is 9.34. The highest BCUT2D eigenvalue weighted by Crippen LogP contribution is 2.13. The normalized spacial score (nSPS) is 22.3. The number of rotatable bonds is 2. The molecule has 118 valence electrons. The number of hydrogen-bond acceptors (Lipinski definition) is 4. The van der Waals surface area contributed by atoms with Gasteiger partial charge in [0.05, 0.1) is 0 Å². The summed E-state index contributed by atoms with van der Waals surface area (Å²) in [6, 6.07) is 6.14. The highest BCUT2D eigenvalue weighted by Gasteiger charge is 2.28. The summed E-state index contributed by atoms with van der Waals surface area (Å²) in [6.07, 6.45) is 2.90. The molecule has 0 aliphatic carbocycles. The molecule has 1 N–H and O–H groups in total. The van der Waals surface area contributed by atoms with Gasteiger partial charge in [-0.1, -0.05) is 6.07 Å². The summed E-state index contributed by atoms with van der Waals surface area (Å²) in [5, 5.41) is 3.40. The number of pyridine rings is 1. The van der Waals surface area contributed by atoms with Crippen LogP contribution in [0.25, 0.3) is 0 Å². The zero-order valence-electron chi connectivity index (χ0n) is 11.9. The predicted molar refractivity (Wildman–Crippen MR) is 87.5 cm³/mol. The molecule has 1 atom stereocenters. The Kier molecular flexibility index (Phi) is 7.39. The second kappa shape index (κ2) is 8.54. The number of aromatic nitrogens is 1. The molecule has 0 bridgehead atoms. The van der Waals surface area contributed by atoms with E-state index in [-0.39, 0.29) is 30.7 Å². The minimum absolute atomic E-state index is 0. The first-order valence-electron chi connectivity index (χ1n) is 6.99. The number of carbonyl (C=O) groups is 1. The van der Waals surface area contributed by atoms with E-state index < -0.39 is 0 Å². The Balaban J connectivity index is 0.00000110. The molecule has 7 heteroatoms. The van der Waals surface area contributed by atoms with Crippen molar-refractivity contribution in [1.29, 1.82) is 0 Å². The maximum atomic E-state index is 12.3. The topological polar surface area (TPSA) is 48.5 Å². The molecule has 0 spiro atoms. The summed E-state index contributed by atoms with van der Waals surface area (Å²) in [5.74, 6) is 0.0600. The number of nitrogens with zero attached hydrogens (tertiary/aromatic N) is 3. The average Bonchev–Trinajstić information content (AvgIpc) is 3.02. The minimum Gasteiger partial charge on any atom is -0.335 e. The van der Waals surface area contributed by atoms with Gasteiger partial charge in [-0.3, -0.25) is 14.7 Å². The lowest BCUT2D eigenvalue weighted by atomic mass is 10.2. The largest absolute Gasteiger partial charge is 0.335 e. The van der Waals surface area contributed by atoms with Crippen LogP contribution in [0, 0.1) is 0 Å². The van der Waals surface area contributed by atoms with Crippen LogP contribution in [-0.2, 0) is 0 Å². The summed E-state index contributed by atoms with van der Waals surface area (Å²) >= 11 is 0. The van der Waals surface area contributed by atoms with Crippen LogP contribution in [0.1, 0.15) is 16.9 Å². The quantitative estimate of drug-likeness (QED) is 0.879. The summed E-state index contributed by atoms with van der Waals surface area (Å²) < 4.78 is 0. The Hall–Kier alpha value is -0.880. The molecule has 0 saturated carbocycles. The van der Waals surface area contributed by atoms with Crippen molar-refractivity contribution in [3.05, 3.63) is 30.1 Å². The van der Waals surface area contributed by atoms with Crippen molar-refractivity contribution in [3.8, 4) is 0 Å². The third-order valence-electron chi connectivity index (χ3n) is 4.04. The average molecular weight is 333 g/mol. The molecule has 2 aliphatic rings. The Bertz CT molecular complexity index is 432. The SMILES string of the molecule is Cl.Cl.O=C(c1ccccn1)N1CCN(C2CCNC2)CC1. The molecule has 1 amide bonds. The first-order valence-corrected chi connectivity index (χ1v) is 6.99. The molecule has 2 saturated heterocycles. The fourth-order valence-electron chi connectivity index (χ4n) is 2.89. The molecular formula is C14H22Cl2N4O. The molecule has 21 heavy (non-hydrogen) atoms. The summed E-state index contributed by atoms with van der Waals surface area (Å²) in [7, 11) is 0. The highest BCUT2D eigenvalue weighted by molar-refractivity contribution is 5.92. The minimum atomic E-state index is 0. The molecule has 3 heterocycles. The number of amides is 1. The third kappa shape index (κ3) is 4.30. The Morgan fingerprint density at radius 1 is 1.19 bits per heavy atom. The third-order valence-corrected chi connectivity index (χ3v) is 4.04. The van der Waals surface area contributed by atoms with Crippen LogP contribution in [0.5, 0.6) is 0 Å². The number of halogens is 2. The fraction of sp³-hybridized carbons (Fsp3) is 0.571. The van der Waals surface area contributed by atoms with E-state index in [1.165, 1.54) is 6.42 Å². The highest BCUT2D eigenvalue weighted by atomic mass is 35.5. The summed E-state index contributed by atoms with van der Waals surface area (Å²) in [6.45, 7) is 5.79. The maximum Gasteiger partial charge on any atom is 0.272 e. The van der Waals surface area contributed by atoms with E-state index in [9.17, 15) is 4.79 Å². The monoisotopic (exact) mass is 332 g/mol. The van der Waals surface area contributed by atoms with E-state index in [1.807, 2.05) is 17.0 Å². The van der Waals surface area contributed by atoms with E-state index in [2.05, 4.69) is 15.2 Å². The second-order valence-corrected chi connectivity index (χ2v) is 5.19. The molecule has 3 rings (SSSR count). The van der Waals surface area contributed by atoms with E-state index >= 15 is 0 Å². The van der Waals surface area contributed by atoms with Gasteiger partial charge in [0, 0.05) is 45.0 Å². The molecule has 1 aromatic heterocycles. The zero-order chi connectivity index (χ0) is 13.1. The smallest absolute Gasteiger partial charge is 0.272 e. The van der Waals surface area contributed by atoms with Crippen molar-refractivity contribution in [2.45, 2.75) is 12.5 Å². The van der Waals surface area contributed by atoms with Crippen LogP contribution in [0.2, 0.25) is 0 Å². The summed E-state index contributed by atoms with van der Waals surface area (Å²) in [5.41, 5.74) is 0.554. The van der Waals surface area contributed by atoms with Crippen LogP contribution < -0.4 is 5.32 Å². The van der Waals surface area contributed by atoms with Gasteiger partial charge in [0.15, 0.2) is 0 Å².